The Morgan fingerprint density at radius 1 is 1.07 bits per heavy atom. The third-order valence-electron chi connectivity index (χ3n) is 4.12. The van der Waals surface area contributed by atoms with Crippen LogP contribution in [0.4, 0.5) is 4.79 Å². The zero-order chi connectivity index (χ0) is 19.9. The molecule has 0 bridgehead atoms. The maximum absolute atomic E-state index is 12.7. The number of benzene rings is 2. The molecule has 1 heterocycles. The molecule has 1 aliphatic heterocycles. The lowest BCUT2D eigenvalue weighted by Crippen LogP contribution is -2.30. The minimum Gasteiger partial charge on any atom is -0.481 e. The average molecular weight is 397 g/mol. The predicted octanol–water partition coefficient (Wildman–Crippen LogP) is 3.52. The number of esters is 1. The second-order valence-electron chi connectivity index (χ2n) is 5.97. The summed E-state index contributed by atoms with van der Waals surface area (Å²) in [6, 6.07) is 16.7. The smallest absolute Gasteiger partial charge is 0.343 e. The molecule has 0 N–H and O–H groups in total. The van der Waals surface area contributed by atoms with Gasteiger partial charge in [0.05, 0.1) is 12.0 Å². The molecule has 1 aliphatic rings. The van der Waals surface area contributed by atoms with Crippen molar-refractivity contribution in [1.29, 1.82) is 0 Å². The van der Waals surface area contributed by atoms with Crippen LogP contribution in [0.1, 0.15) is 11.1 Å². The van der Waals surface area contributed by atoms with Gasteiger partial charge >= 0.3 is 5.97 Å². The second-order valence-corrected chi connectivity index (χ2v) is 6.96. The summed E-state index contributed by atoms with van der Waals surface area (Å²) < 4.78 is 10.0. The lowest BCUT2D eigenvalue weighted by atomic mass is 10.1. The standard InChI is InChI=1S/C21H19NO5S/c1-26-19(23)14-27-17-10-6-5-9-16(17)13-18-20(24)22(21(25)28-18)12-11-15-7-3-2-4-8-15/h2-10,13H,11-12,14H2,1H3/b18-13-. The molecule has 28 heavy (non-hydrogen) atoms. The van der Waals surface area contributed by atoms with Crippen molar-refractivity contribution >= 4 is 35.0 Å². The first-order chi connectivity index (χ1) is 13.6. The molecule has 1 fully saturated rings. The molecule has 2 amide bonds. The third kappa shape index (κ3) is 4.80. The normalized spacial score (nSPS) is 15.2. The Hall–Kier alpha value is -3.06. The summed E-state index contributed by atoms with van der Waals surface area (Å²) >= 11 is 0.901. The van der Waals surface area contributed by atoms with Crippen molar-refractivity contribution in [3.05, 3.63) is 70.6 Å². The number of amides is 2. The van der Waals surface area contributed by atoms with Gasteiger partial charge in [-0.3, -0.25) is 14.5 Å². The second kappa shape index (κ2) is 9.23. The van der Waals surface area contributed by atoms with E-state index in [4.69, 9.17) is 4.74 Å². The van der Waals surface area contributed by atoms with Crippen LogP contribution in [0.5, 0.6) is 5.75 Å². The van der Waals surface area contributed by atoms with Crippen LogP contribution in [0.3, 0.4) is 0 Å². The van der Waals surface area contributed by atoms with Gasteiger partial charge in [0, 0.05) is 12.1 Å². The molecule has 0 radical (unpaired) electrons. The van der Waals surface area contributed by atoms with E-state index in [0.29, 0.717) is 29.2 Å². The lowest BCUT2D eigenvalue weighted by molar-refractivity contribution is -0.142. The van der Waals surface area contributed by atoms with E-state index >= 15 is 0 Å². The van der Waals surface area contributed by atoms with E-state index in [2.05, 4.69) is 4.74 Å². The molecular formula is C21H19NO5S. The fraction of sp³-hybridized carbons (Fsp3) is 0.190. The summed E-state index contributed by atoms with van der Waals surface area (Å²) in [4.78, 5) is 37.8. The van der Waals surface area contributed by atoms with Crippen molar-refractivity contribution < 1.29 is 23.9 Å². The average Bonchev–Trinajstić information content (AvgIpc) is 2.99. The van der Waals surface area contributed by atoms with Crippen LogP contribution >= 0.6 is 11.8 Å². The van der Waals surface area contributed by atoms with Crippen LogP contribution in [-0.4, -0.2) is 42.3 Å². The SMILES string of the molecule is COC(=O)COc1ccccc1/C=C1\SC(=O)N(CCc2ccccc2)C1=O. The summed E-state index contributed by atoms with van der Waals surface area (Å²) in [7, 11) is 1.28. The first-order valence-electron chi connectivity index (χ1n) is 8.66. The van der Waals surface area contributed by atoms with E-state index in [-0.39, 0.29) is 17.8 Å². The fourth-order valence-electron chi connectivity index (χ4n) is 2.65. The third-order valence-corrected chi connectivity index (χ3v) is 5.03. The van der Waals surface area contributed by atoms with Gasteiger partial charge in [0.1, 0.15) is 5.75 Å². The van der Waals surface area contributed by atoms with E-state index < -0.39 is 5.97 Å². The Labute approximate surface area is 167 Å². The molecule has 0 aromatic heterocycles. The monoisotopic (exact) mass is 397 g/mol. The number of hydrogen-bond donors (Lipinski definition) is 0. The van der Waals surface area contributed by atoms with Gasteiger partial charge in [0.2, 0.25) is 0 Å². The maximum Gasteiger partial charge on any atom is 0.343 e. The summed E-state index contributed by atoms with van der Waals surface area (Å²) in [6.07, 6.45) is 2.21. The highest BCUT2D eigenvalue weighted by molar-refractivity contribution is 8.18. The van der Waals surface area contributed by atoms with Crippen molar-refractivity contribution in [3.63, 3.8) is 0 Å². The minimum absolute atomic E-state index is 0.236. The summed E-state index contributed by atoms with van der Waals surface area (Å²) in [5.74, 6) is -0.395. The van der Waals surface area contributed by atoms with Gasteiger partial charge in [-0.1, -0.05) is 48.5 Å². The van der Waals surface area contributed by atoms with E-state index in [1.54, 1.807) is 30.3 Å². The van der Waals surface area contributed by atoms with Crippen LogP contribution in [0.15, 0.2) is 59.5 Å². The van der Waals surface area contributed by atoms with Gasteiger partial charge in [0.25, 0.3) is 11.1 Å². The van der Waals surface area contributed by atoms with Crippen molar-refractivity contribution in [2.75, 3.05) is 20.3 Å². The maximum atomic E-state index is 12.7. The number of rotatable bonds is 7. The highest BCUT2D eigenvalue weighted by Crippen LogP contribution is 2.34. The molecule has 3 rings (SSSR count). The number of hydrogen-bond acceptors (Lipinski definition) is 6. The van der Waals surface area contributed by atoms with Crippen LogP contribution < -0.4 is 4.74 Å². The topological polar surface area (TPSA) is 72.9 Å². The highest BCUT2D eigenvalue weighted by atomic mass is 32.2. The van der Waals surface area contributed by atoms with Crippen LogP contribution in [0.2, 0.25) is 0 Å². The molecule has 2 aromatic rings. The minimum atomic E-state index is -0.504. The predicted molar refractivity (Wildman–Crippen MR) is 107 cm³/mol. The number of para-hydroxylation sites is 1. The van der Waals surface area contributed by atoms with Crippen molar-refractivity contribution in [3.8, 4) is 5.75 Å². The highest BCUT2D eigenvalue weighted by Gasteiger charge is 2.34. The van der Waals surface area contributed by atoms with Gasteiger partial charge in [0.15, 0.2) is 6.61 Å². The molecule has 0 saturated carbocycles. The number of carbonyl (C=O) groups is 3. The molecule has 0 aliphatic carbocycles. The number of thioether (sulfide) groups is 1. The van der Waals surface area contributed by atoms with Gasteiger partial charge in [-0.15, -0.1) is 0 Å². The Morgan fingerprint density at radius 2 is 1.79 bits per heavy atom. The molecule has 0 spiro atoms. The zero-order valence-electron chi connectivity index (χ0n) is 15.3. The number of ether oxygens (including phenoxy) is 2. The van der Waals surface area contributed by atoms with Crippen LogP contribution in [-0.2, 0) is 20.7 Å². The molecule has 7 heteroatoms. The molecule has 6 nitrogen and oxygen atoms in total. The molecule has 144 valence electrons. The number of methoxy groups -OCH3 is 1. The van der Waals surface area contributed by atoms with E-state index in [1.165, 1.54) is 12.0 Å². The Morgan fingerprint density at radius 3 is 2.54 bits per heavy atom. The van der Waals surface area contributed by atoms with Gasteiger partial charge < -0.3 is 9.47 Å². The molecule has 1 saturated heterocycles. The lowest BCUT2D eigenvalue weighted by Gasteiger charge is -2.12. The van der Waals surface area contributed by atoms with Crippen molar-refractivity contribution in [2.24, 2.45) is 0 Å². The van der Waals surface area contributed by atoms with E-state index in [9.17, 15) is 14.4 Å². The summed E-state index contributed by atoms with van der Waals surface area (Å²) in [5.41, 5.74) is 1.67. The molecule has 2 aromatic carbocycles. The Bertz CT molecular complexity index is 910. The van der Waals surface area contributed by atoms with Crippen LogP contribution in [0.25, 0.3) is 6.08 Å². The molecule has 0 unspecified atom stereocenters. The first-order valence-corrected chi connectivity index (χ1v) is 9.48. The summed E-state index contributed by atoms with van der Waals surface area (Å²) in [6.45, 7) is 0.0897. The zero-order valence-corrected chi connectivity index (χ0v) is 16.1. The van der Waals surface area contributed by atoms with Gasteiger partial charge in [-0.25, -0.2) is 4.79 Å². The quantitative estimate of drug-likeness (QED) is 0.526. The summed E-state index contributed by atoms with van der Waals surface area (Å²) in [5, 5.41) is -0.292. The van der Waals surface area contributed by atoms with Gasteiger partial charge in [-0.05, 0) is 35.9 Å². The molecular weight excluding hydrogens is 378 g/mol. The molecule has 0 atom stereocenters. The van der Waals surface area contributed by atoms with E-state index in [0.717, 1.165) is 17.3 Å². The largest absolute Gasteiger partial charge is 0.481 e. The van der Waals surface area contributed by atoms with Crippen LogP contribution in [0, 0.1) is 0 Å². The number of carbonyl (C=O) groups excluding carboxylic acids is 3. The van der Waals surface area contributed by atoms with Crippen molar-refractivity contribution in [2.45, 2.75) is 6.42 Å². The first kappa shape index (κ1) is 19.7. The van der Waals surface area contributed by atoms with Crippen molar-refractivity contribution in [1.82, 2.24) is 4.90 Å². The van der Waals surface area contributed by atoms with E-state index in [1.807, 2.05) is 30.3 Å². The number of nitrogens with zero attached hydrogens (tertiary/aromatic N) is 1. The van der Waals surface area contributed by atoms with Gasteiger partial charge in [-0.2, -0.15) is 0 Å². The Kier molecular flexibility index (Phi) is 6.49. The number of imide groups is 1. The fourth-order valence-corrected chi connectivity index (χ4v) is 3.50. The Balaban J connectivity index is 1.72.